The van der Waals surface area contributed by atoms with Crippen molar-refractivity contribution in [1.82, 2.24) is 20.6 Å². The Morgan fingerprint density at radius 2 is 1.62 bits per heavy atom. The van der Waals surface area contributed by atoms with Gasteiger partial charge < -0.3 is 0 Å². The minimum atomic E-state index is -0.424. The van der Waals surface area contributed by atoms with Crippen LogP contribution in [0.5, 0.6) is 0 Å². The smallest absolute Gasteiger partial charge is 0.267 e. The average molecular weight is 385 g/mol. The Hall–Kier alpha value is -2.93. The van der Waals surface area contributed by atoms with Gasteiger partial charge in [0.1, 0.15) is 0 Å². The van der Waals surface area contributed by atoms with Crippen LogP contribution in [0.25, 0.3) is 5.69 Å². The lowest BCUT2D eigenvalue weighted by Gasteiger charge is -2.11. The number of carbonyl (C=O) groups excluding carboxylic acids is 2. The fourth-order valence-corrected chi connectivity index (χ4v) is 2.40. The van der Waals surface area contributed by atoms with Gasteiger partial charge in [0.15, 0.2) is 0 Å². The number of nitrogens with zero attached hydrogens (tertiary/aromatic N) is 2. The van der Waals surface area contributed by atoms with Crippen LogP contribution in [0.1, 0.15) is 20.7 Å². The Morgan fingerprint density at radius 3 is 2.33 bits per heavy atom. The molecule has 1 heterocycles. The predicted molar refractivity (Wildman–Crippen MR) is 92.6 cm³/mol. The van der Waals surface area contributed by atoms with Gasteiger partial charge in [-0.1, -0.05) is 28.1 Å². The maximum atomic E-state index is 12.4. The molecule has 0 saturated heterocycles. The summed E-state index contributed by atoms with van der Waals surface area (Å²) in [6.45, 7) is 0. The molecule has 0 aliphatic rings. The van der Waals surface area contributed by atoms with Crippen molar-refractivity contribution >= 4 is 27.7 Å². The largest absolute Gasteiger partial charge is 0.271 e. The molecule has 0 bridgehead atoms. The van der Waals surface area contributed by atoms with Crippen molar-refractivity contribution in [2.45, 2.75) is 0 Å². The van der Waals surface area contributed by atoms with Gasteiger partial charge in [0.2, 0.25) is 0 Å². The van der Waals surface area contributed by atoms with Gasteiger partial charge >= 0.3 is 0 Å². The average Bonchev–Trinajstić information content (AvgIpc) is 3.14. The summed E-state index contributed by atoms with van der Waals surface area (Å²) in [6, 6.07) is 15.6. The minimum absolute atomic E-state index is 0.396. The molecule has 0 radical (unpaired) electrons. The van der Waals surface area contributed by atoms with Gasteiger partial charge in [-0.05, 0) is 42.5 Å². The first-order valence-electron chi connectivity index (χ1n) is 7.10. The Kier molecular flexibility index (Phi) is 4.72. The monoisotopic (exact) mass is 384 g/mol. The summed E-state index contributed by atoms with van der Waals surface area (Å²) >= 11 is 3.30. The highest BCUT2D eigenvalue weighted by Gasteiger charge is 2.13. The van der Waals surface area contributed by atoms with Gasteiger partial charge in [-0.25, -0.2) is 4.68 Å². The Balaban J connectivity index is 1.72. The van der Waals surface area contributed by atoms with Crippen molar-refractivity contribution < 1.29 is 9.59 Å². The highest BCUT2D eigenvalue weighted by atomic mass is 79.9. The van der Waals surface area contributed by atoms with E-state index < -0.39 is 11.8 Å². The Labute approximate surface area is 146 Å². The quantitative estimate of drug-likeness (QED) is 0.681. The van der Waals surface area contributed by atoms with E-state index in [4.69, 9.17) is 0 Å². The number of carbonyl (C=O) groups is 2. The maximum Gasteiger partial charge on any atom is 0.271 e. The zero-order valence-electron chi connectivity index (χ0n) is 12.4. The molecule has 0 saturated carbocycles. The molecule has 6 nitrogen and oxygen atoms in total. The maximum absolute atomic E-state index is 12.4. The van der Waals surface area contributed by atoms with Crippen LogP contribution < -0.4 is 10.9 Å². The number of para-hydroxylation sites is 1. The number of aromatic nitrogens is 2. The Bertz CT molecular complexity index is 861. The summed E-state index contributed by atoms with van der Waals surface area (Å²) in [6.07, 6.45) is 3.37. The lowest BCUT2D eigenvalue weighted by atomic mass is 10.1. The van der Waals surface area contributed by atoms with Crippen LogP contribution in [0.15, 0.2) is 71.5 Å². The number of halogens is 1. The first kappa shape index (κ1) is 15.9. The van der Waals surface area contributed by atoms with E-state index in [2.05, 4.69) is 31.9 Å². The van der Waals surface area contributed by atoms with Crippen LogP contribution in [-0.2, 0) is 0 Å². The molecule has 24 heavy (non-hydrogen) atoms. The van der Waals surface area contributed by atoms with Crippen molar-refractivity contribution in [2.75, 3.05) is 0 Å². The molecule has 0 atom stereocenters. The third-order valence-electron chi connectivity index (χ3n) is 3.30. The standard InChI is InChI=1S/C17H13BrN4O2/c18-13-8-6-12(7-9-13)16(23)20-21-17(24)14-4-1-2-5-15(14)22-11-3-10-19-22/h1-11H,(H,20,23)(H,21,24). The van der Waals surface area contributed by atoms with Crippen molar-refractivity contribution in [3.8, 4) is 5.69 Å². The normalized spacial score (nSPS) is 10.2. The second-order valence-electron chi connectivity index (χ2n) is 4.88. The molecule has 0 aliphatic heterocycles. The number of nitrogens with one attached hydrogen (secondary N) is 2. The number of hydrogen-bond donors (Lipinski definition) is 2. The van der Waals surface area contributed by atoms with Crippen LogP contribution in [0.2, 0.25) is 0 Å². The van der Waals surface area contributed by atoms with Crippen molar-refractivity contribution in [3.05, 3.63) is 82.6 Å². The first-order valence-corrected chi connectivity index (χ1v) is 7.90. The zero-order chi connectivity index (χ0) is 16.9. The predicted octanol–water partition coefficient (Wildman–Crippen LogP) is 2.71. The summed E-state index contributed by atoms with van der Waals surface area (Å²) < 4.78 is 2.46. The second kappa shape index (κ2) is 7.10. The number of amides is 2. The summed E-state index contributed by atoms with van der Waals surface area (Å²) in [7, 11) is 0. The molecule has 0 unspecified atom stereocenters. The number of benzene rings is 2. The van der Waals surface area contributed by atoms with Crippen LogP contribution in [-0.4, -0.2) is 21.6 Å². The molecular formula is C17H13BrN4O2. The summed E-state index contributed by atoms with van der Waals surface area (Å²) in [5.74, 6) is -0.820. The number of rotatable bonds is 3. The van der Waals surface area contributed by atoms with E-state index in [1.165, 1.54) is 0 Å². The topological polar surface area (TPSA) is 76.0 Å². The fourth-order valence-electron chi connectivity index (χ4n) is 2.13. The SMILES string of the molecule is O=C(NNC(=O)c1ccccc1-n1cccn1)c1ccc(Br)cc1. The fraction of sp³-hybridized carbons (Fsp3) is 0. The highest BCUT2D eigenvalue weighted by Crippen LogP contribution is 2.13. The highest BCUT2D eigenvalue weighted by molar-refractivity contribution is 9.10. The van der Waals surface area contributed by atoms with E-state index in [0.717, 1.165) is 4.47 Å². The van der Waals surface area contributed by atoms with Crippen molar-refractivity contribution in [3.63, 3.8) is 0 Å². The molecule has 2 N–H and O–H groups in total. The Morgan fingerprint density at radius 1 is 0.917 bits per heavy atom. The molecule has 120 valence electrons. The number of hydrogen-bond acceptors (Lipinski definition) is 3. The van der Waals surface area contributed by atoms with E-state index in [1.54, 1.807) is 65.6 Å². The third kappa shape index (κ3) is 3.52. The van der Waals surface area contributed by atoms with Crippen LogP contribution >= 0.6 is 15.9 Å². The van der Waals surface area contributed by atoms with Crippen LogP contribution in [0, 0.1) is 0 Å². The molecule has 3 rings (SSSR count). The molecular weight excluding hydrogens is 372 g/mol. The van der Waals surface area contributed by atoms with Gasteiger partial charge in [0.05, 0.1) is 11.3 Å². The second-order valence-corrected chi connectivity index (χ2v) is 5.80. The zero-order valence-corrected chi connectivity index (χ0v) is 14.0. The van der Waals surface area contributed by atoms with E-state index in [9.17, 15) is 9.59 Å². The van der Waals surface area contributed by atoms with E-state index in [1.807, 2.05) is 6.07 Å². The number of hydrazine groups is 1. The molecule has 1 aromatic heterocycles. The summed E-state index contributed by atoms with van der Waals surface area (Å²) in [5.41, 5.74) is 6.30. The van der Waals surface area contributed by atoms with E-state index in [-0.39, 0.29) is 0 Å². The van der Waals surface area contributed by atoms with Crippen molar-refractivity contribution in [2.24, 2.45) is 0 Å². The molecule has 2 aromatic carbocycles. The van der Waals surface area contributed by atoms with Crippen LogP contribution in [0.4, 0.5) is 0 Å². The van der Waals surface area contributed by atoms with Gasteiger partial charge in [-0.15, -0.1) is 0 Å². The third-order valence-corrected chi connectivity index (χ3v) is 3.82. The van der Waals surface area contributed by atoms with Gasteiger partial charge in [0, 0.05) is 22.4 Å². The van der Waals surface area contributed by atoms with Gasteiger partial charge in [-0.2, -0.15) is 5.10 Å². The summed E-state index contributed by atoms with van der Waals surface area (Å²) in [5, 5.41) is 4.13. The van der Waals surface area contributed by atoms with Gasteiger partial charge in [0.25, 0.3) is 11.8 Å². The van der Waals surface area contributed by atoms with Crippen LogP contribution in [0.3, 0.4) is 0 Å². The van der Waals surface area contributed by atoms with Gasteiger partial charge in [-0.3, -0.25) is 20.4 Å². The van der Waals surface area contributed by atoms with E-state index >= 15 is 0 Å². The van der Waals surface area contributed by atoms with E-state index in [0.29, 0.717) is 16.8 Å². The molecule has 0 fully saturated rings. The molecule has 0 spiro atoms. The summed E-state index contributed by atoms with van der Waals surface area (Å²) in [4.78, 5) is 24.4. The lowest BCUT2D eigenvalue weighted by molar-refractivity contribution is 0.0846. The molecule has 2 amide bonds. The lowest BCUT2D eigenvalue weighted by Crippen LogP contribution is -2.42. The molecule has 7 heteroatoms. The molecule has 3 aromatic rings. The first-order chi connectivity index (χ1) is 11.6. The molecule has 0 aliphatic carbocycles. The van der Waals surface area contributed by atoms with Crippen molar-refractivity contribution in [1.29, 1.82) is 0 Å². The minimum Gasteiger partial charge on any atom is -0.267 e.